The van der Waals surface area contributed by atoms with Crippen molar-refractivity contribution in [2.24, 2.45) is 11.1 Å². The van der Waals surface area contributed by atoms with E-state index < -0.39 is 0 Å². The zero-order chi connectivity index (χ0) is 11.8. The maximum atomic E-state index is 5.73. The molecule has 2 heteroatoms. The van der Waals surface area contributed by atoms with Gasteiger partial charge in [0.2, 0.25) is 0 Å². The van der Waals surface area contributed by atoms with E-state index in [1.165, 1.54) is 11.1 Å². The summed E-state index contributed by atoms with van der Waals surface area (Å²) < 4.78 is 5.30. The Hall–Kier alpha value is -1.02. The highest BCUT2D eigenvalue weighted by Crippen LogP contribution is 2.49. The van der Waals surface area contributed by atoms with Crippen LogP contribution < -0.4 is 10.5 Å². The number of hydrogen-bond donors (Lipinski definition) is 1. The second-order valence-corrected chi connectivity index (χ2v) is 5.36. The monoisotopic (exact) mass is 219 g/mol. The van der Waals surface area contributed by atoms with Crippen LogP contribution in [0.4, 0.5) is 0 Å². The Morgan fingerprint density at radius 3 is 2.81 bits per heavy atom. The third kappa shape index (κ3) is 1.82. The van der Waals surface area contributed by atoms with Gasteiger partial charge in [0.25, 0.3) is 0 Å². The molecule has 0 aromatic heterocycles. The number of benzene rings is 1. The van der Waals surface area contributed by atoms with Crippen LogP contribution in [0.1, 0.15) is 37.3 Å². The molecule has 2 rings (SSSR count). The van der Waals surface area contributed by atoms with Gasteiger partial charge in [-0.1, -0.05) is 19.9 Å². The van der Waals surface area contributed by atoms with E-state index in [9.17, 15) is 0 Å². The van der Waals surface area contributed by atoms with Crippen molar-refractivity contribution < 1.29 is 4.74 Å². The molecular formula is C14H21NO. The molecule has 1 aliphatic carbocycles. The summed E-state index contributed by atoms with van der Waals surface area (Å²) in [5.74, 6) is 1.53. The third-order valence-corrected chi connectivity index (χ3v) is 3.77. The summed E-state index contributed by atoms with van der Waals surface area (Å²) in [4.78, 5) is 0. The van der Waals surface area contributed by atoms with Gasteiger partial charge in [0.05, 0.1) is 7.11 Å². The van der Waals surface area contributed by atoms with E-state index in [0.29, 0.717) is 11.3 Å². The lowest BCUT2D eigenvalue weighted by molar-refractivity contribution is 0.301. The first-order valence-electron chi connectivity index (χ1n) is 5.95. The summed E-state index contributed by atoms with van der Waals surface area (Å²) in [7, 11) is 1.72. The molecule has 16 heavy (non-hydrogen) atoms. The lowest BCUT2D eigenvalue weighted by Gasteiger charge is -2.27. The van der Waals surface area contributed by atoms with E-state index in [2.05, 4.69) is 32.0 Å². The van der Waals surface area contributed by atoms with Crippen LogP contribution in [0.5, 0.6) is 5.75 Å². The number of ether oxygens (including phenoxy) is 1. The first kappa shape index (κ1) is 11.5. The average molecular weight is 219 g/mol. The quantitative estimate of drug-likeness (QED) is 0.848. The molecule has 0 amide bonds. The highest BCUT2D eigenvalue weighted by molar-refractivity contribution is 5.43. The summed E-state index contributed by atoms with van der Waals surface area (Å²) in [5, 5.41) is 0. The van der Waals surface area contributed by atoms with Gasteiger partial charge in [-0.2, -0.15) is 0 Å². The maximum absolute atomic E-state index is 5.73. The van der Waals surface area contributed by atoms with E-state index in [4.69, 9.17) is 10.5 Å². The minimum Gasteiger partial charge on any atom is -0.497 e. The number of rotatable bonds is 3. The van der Waals surface area contributed by atoms with Crippen LogP contribution in [-0.4, -0.2) is 13.7 Å². The normalized spacial score (nSPS) is 21.9. The fraction of sp³-hybridized carbons (Fsp3) is 0.571. The lowest BCUT2D eigenvalue weighted by Crippen LogP contribution is -2.20. The molecule has 0 aliphatic heterocycles. The minimum absolute atomic E-state index is 0.327. The smallest absolute Gasteiger partial charge is 0.119 e. The van der Waals surface area contributed by atoms with Crippen molar-refractivity contribution in [3.63, 3.8) is 0 Å². The molecule has 1 aromatic carbocycles. The van der Waals surface area contributed by atoms with Crippen LogP contribution in [0.3, 0.4) is 0 Å². The molecule has 2 N–H and O–H groups in total. The van der Waals surface area contributed by atoms with E-state index in [1.54, 1.807) is 7.11 Å². The zero-order valence-corrected chi connectivity index (χ0v) is 10.4. The second kappa shape index (κ2) is 4.10. The number of fused-ring (bicyclic) bond motifs is 1. The molecule has 0 radical (unpaired) electrons. The van der Waals surface area contributed by atoms with Crippen molar-refractivity contribution in [2.75, 3.05) is 13.7 Å². The Bertz CT molecular complexity index is 384. The zero-order valence-electron chi connectivity index (χ0n) is 10.4. The summed E-state index contributed by atoms with van der Waals surface area (Å²) in [5.41, 5.74) is 8.96. The summed E-state index contributed by atoms with van der Waals surface area (Å²) in [6, 6.07) is 6.44. The number of nitrogens with two attached hydrogens (primary N) is 1. The van der Waals surface area contributed by atoms with Crippen LogP contribution in [0.25, 0.3) is 0 Å². The number of methoxy groups -OCH3 is 1. The predicted molar refractivity (Wildman–Crippen MR) is 66.9 cm³/mol. The summed E-state index contributed by atoms with van der Waals surface area (Å²) in [6.45, 7) is 5.42. The molecule has 88 valence electrons. The van der Waals surface area contributed by atoms with Crippen LogP contribution in [0, 0.1) is 5.41 Å². The standard InChI is InChI=1S/C14H21NO/c1-14(2)9-10-4-5-11(16-3)8-12(10)13(14)6-7-15/h4-5,8,13H,6-7,9,15H2,1-3H3. The Morgan fingerprint density at radius 2 is 2.19 bits per heavy atom. The van der Waals surface area contributed by atoms with Crippen LogP contribution in [0.2, 0.25) is 0 Å². The van der Waals surface area contributed by atoms with Crippen molar-refractivity contribution in [2.45, 2.75) is 32.6 Å². The fourth-order valence-corrected chi connectivity index (χ4v) is 2.93. The van der Waals surface area contributed by atoms with E-state index in [0.717, 1.165) is 25.1 Å². The van der Waals surface area contributed by atoms with Gasteiger partial charge in [-0.3, -0.25) is 0 Å². The molecule has 0 fully saturated rings. The Morgan fingerprint density at radius 1 is 1.44 bits per heavy atom. The molecule has 2 nitrogen and oxygen atoms in total. The maximum Gasteiger partial charge on any atom is 0.119 e. The van der Waals surface area contributed by atoms with Gasteiger partial charge in [0.15, 0.2) is 0 Å². The van der Waals surface area contributed by atoms with E-state index in [1.807, 2.05) is 0 Å². The van der Waals surface area contributed by atoms with Gasteiger partial charge in [0, 0.05) is 0 Å². The van der Waals surface area contributed by atoms with Crippen LogP contribution in [-0.2, 0) is 6.42 Å². The van der Waals surface area contributed by atoms with E-state index in [-0.39, 0.29) is 0 Å². The predicted octanol–water partition coefficient (Wildman–Crippen LogP) is 2.71. The first-order chi connectivity index (χ1) is 7.58. The van der Waals surface area contributed by atoms with E-state index >= 15 is 0 Å². The molecule has 1 aliphatic rings. The second-order valence-electron chi connectivity index (χ2n) is 5.36. The first-order valence-corrected chi connectivity index (χ1v) is 5.95. The van der Waals surface area contributed by atoms with Gasteiger partial charge < -0.3 is 10.5 Å². The molecule has 0 heterocycles. The van der Waals surface area contributed by atoms with Gasteiger partial charge >= 0.3 is 0 Å². The van der Waals surface area contributed by atoms with Crippen LogP contribution >= 0.6 is 0 Å². The third-order valence-electron chi connectivity index (χ3n) is 3.77. The van der Waals surface area contributed by atoms with Gasteiger partial charge in [-0.25, -0.2) is 0 Å². The Kier molecular flexibility index (Phi) is 2.94. The molecular weight excluding hydrogens is 198 g/mol. The minimum atomic E-state index is 0.327. The fourth-order valence-electron chi connectivity index (χ4n) is 2.93. The highest BCUT2D eigenvalue weighted by Gasteiger charge is 2.38. The molecule has 0 saturated heterocycles. The summed E-state index contributed by atoms with van der Waals surface area (Å²) >= 11 is 0. The van der Waals surface area contributed by atoms with Crippen molar-refractivity contribution in [3.8, 4) is 5.75 Å². The Balaban J connectivity index is 2.40. The lowest BCUT2D eigenvalue weighted by atomic mass is 9.78. The largest absolute Gasteiger partial charge is 0.497 e. The molecule has 1 atom stereocenters. The molecule has 0 saturated carbocycles. The van der Waals surface area contributed by atoms with Gasteiger partial charge in [0.1, 0.15) is 5.75 Å². The topological polar surface area (TPSA) is 35.2 Å². The average Bonchev–Trinajstić information content (AvgIpc) is 2.50. The molecule has 0 spiro atoms. The summed E-state index contributed by atoms with van der Waals surface area (Å²) in [6.07, 6.45) is 2.21. The van der Waals surface area contributed by atoms with Crippen molar-refractivity contribution >= 4 is 0 Å². The highest BCUT2D eigenvalue weighted by atomic mass is 16.5. The SMILES string of the molecule is COc1ccc2c(c1)C(CCN)C(C)(C)C2. The van der Waals surface area contributed by atoms with Gasteiger partial charge in [-0.05, 0) is 54.0 Å². The van der Waals surface area contributed by atoms with Crippen molar-refractivity contribution in [3.05, 3.63) is 29.3 Å². The number of hydrogen-bond acceptors (Lipinski definition) is 2. The van der Waals surface area contributed by atoms with Crippen LogP contribution in [0.15, 0.2) is 18.2 Å². The Labute approximate surface area is 97.8 Å². The molecule has 0 bridgehead atoms. The van der Waals surface area contributed by atoms with Gasteiger partial charge in [-0.15, -0.1) is 0 Å². The molecule has 1 unspecified atom stereocenters. The van der Waals surface area contributed by atoms with Crippen molar-refractivity contribution in [1.29, 1.82) is 0 Å². The molecule has 1 aromatic rings. The van der Waals surface area contributed by atoms with Crippen molar-refractivity contribution in [1.82, 2.24) is 0 Å².